The first-order valence-corrected chi connectivity index (χ1v) is 6.09. The Kier molecular flexibility index (Phi) is 2.88. The predicted octanol–water partition coefficient (Wildman–Crippen LogP) is 3.99. The Morgan fingerprint density at radius 3 is 2.32 bits per heavy atom. The molecule has 0 aliphatic carbocycles. The molecule has 0 radical (unpaired) electrons. The van der Waals surface area contributed by atoms with Crippen LogP contribution in [0.5, 0.6) is 0 Å². The summed E-state index contributed by atoms with van der Waals surface area (Å²) in [4.78, 5) is 4.19. The summed E-state index contributed by atoms with van der Waals surface area (Å²) in [7, 11) is 0. The van der Waals surface area contributed by atoms with Crippen molar-refractivity contribution < 1.29 is 4.39 Å². The van der Waals surface area contributed by atoms with E-state index < -0.39 is 0 Å². The van der Waals surface area contributed by atoms with Crippen LogP contribution in [0.2, 0.25) is 0 Å². The zero-order chi connectivity index (χ0) is 13.2. The number of nitrogens with zero attached hydrogens (tertiary/aromatic N) is 2. The lowest BCUT2D eigenvalue weighted by Gasteiger charge is -2.08. The molecule has 0 aliphatic heterocycles. The van der Waals surface area contributed by atoms with Crippen LogP contribution >= 0.6 is 0 Å². The molecule has 0 saturated carbocycles. The second-order valence-electron chi connectivity index (χ2n) is 4.49. The van der Waals surface area contributed by atoms with Gasteiger partial charge in [0.2, 0.25) is 0 Å². The zero-order valence-electron chi connectivity index (χ0n) is 10.5. The van der Waals surface area contributed by atoms with Crippen molar-refractivity contribution in [1.29, 1.82) is 0 Å². The molecule has 1 aromatic heterocycles. The topological polar surface area (TPSA) is 17.8 Å². The molecule has 3 aromatic rings. The summed E-state index contributed by atoms with van der Waals surface area (Å²) in [5.74, 6) is -0.235. The summed E-state index contributed by atoms with van der Waals surface area (Å²) in [6.07, 6.45) is 3.55. The van der Waals surface area contributed by atoms with Crippen molar-refractivity contribution >= 4 is 0 Å². The van der Waals surface area contributed by atoms with Gasteiger partial charge < -0.3 is 0 Å². The molecule has 0 unspecified atom stereocenters. The van der Waals surface area contributed by atoms with Gasteiger partial charge in [-0.05, 0) is 31.2 Å². The van der Waals surface area contributed by atoms with Gasteiger partial charge in [-0.1, -0.05) is 29.8 Å². The number of hydrogen-bond acceptors (Lipinski definition) is 1. The molecule has 1 heterocycles. The Morgan fingerprint density at radius 2 is 1.63 bits per heavy atom. The van der Waals surface area contributed by atoms with Gasteiger partial charge in [0.15, 0.2) is 0 Å². The smallest absolute Gasteiger partial charge is 0.123 e. The van der Waals surface area contributed by atoms with Crippen LogP contribution in [0.25, 0.3) is 16.9 Å². The van der Waals surface area contributed by atoms with Gasteiger partial charge in [-0.2, -0.15) is 0 Å². The van der Waals surface area contributed by atoms with Gasteiger partial charge >= 0.3 is 0 Å². The minimum atomic E-state index is -0.235. The fourth-order valence-corrected chi connectivity index (χ4v) is 2.04. The van der Waals surface area contributed by atoms with Crippen LogP contribution < -0.4 is 0 Å². The predicted molar refractivity (Wildman–Crippen MR) is 73.7 cm³/mol. The molecule has 2 aromatic carbocycles. The van der Waals surface area contributed by atoms with Crippen molar-refractivity contribution in [3.05, 3.63) is 72.4 Å². The van der Waals surface area contributed by atoms with E-state index in [9.17, 15) is 4.39 Å². The molecule has 0 amide bonds. The molecular weight excluding hydrogens is 239 g/mol. The van der Waals surface area contributed by atoms with E-state index in [0.29, 0.717) is 0 Å². The summed E-state index contributed by atoms with van der Waals surface area (Å²) in [6.45, 7) is 2.06. The normalized spacial score (nSPS) is 10.6. The summed E-state index contributed by atoms with van der Waals surface area (Å²) in [6, 6.07) is 14.7. The van der Waals surface area contributed by atoms with Gasteiger partial charge in [0.05, 0.1) is 18.2 Å². The molecule has 2 nitrogen and oxygen atoms in total. The first kappa shape index (κ1) is 11.7. The van der Waals surface area contributed by atoms with Crippen LogP contribution in [0.4, 0.5) is 4.39 Å². The Labute approximate surface area is 111 Å². The van der Waals surface area contributed by atoms with Crippen molar-refractivity contribution in [2.75, 3.05) is 0 Å². The molecule has 0 aliphatic rings. The molecule has 94 valence electrons. The third-order valence-electron chi connectivity index (χ3n) is 3.09. The molecule has 0 fully saturated rings. The van der Waals surface area contributed by atoms with E-state index in [-0.39, 0.29) is 5.82 Å². The fraction of sp³-hybridized carbons (Fsp3) is 0.0625. The van der Waals surface area contributed by atoms with Crippen molar-refractivity contribution in [3.63, 3.8) is 0 Å². The maximum atomic E-state index is 13.0. The summed E-state index contributed by atoms with van der Waals surface area (Å²) < 4.78 is 14.9. The molecule has 0 bridgehead atoms. The van der Waals surface area contributed by atoms with Gasteiger partial charge in [-0.15, -0.1) is 0 Å². The highest BCUT2D eigenvalue weighted by Gasteiger charge is 2.06. The van der Waals surface area contributed by atoms with Crippen LogP contribution in [-0.2, 0) is 0 Å². The van der Waals surface area contributed by atoms with Gasteiger partial charge in [0.1, 0.15) is 5.82 Å². The monoisotopic (exact) mass is 252 g/mol. The molecular formula is C16H13FN2. The van der Waals surface area contributed by atoms with Gasteiger partial charge in [0, 0.05) is 11.3 Å². The second-order valence-corrected chi connectivity index (χ2v) is 4.49. The Balaban J connectivity index is 2.07. The quantitative estimate of drug-likeness (QED) is 0.674. The number of imidazole rings is 1. The highest BCUT2D eigenvalue weighted by atomic mass is 19.1. The lowest BCUT2D eigenvalue weighted by atomic mass is 10.1. The standard InChI is InChI=1S/C16H13FN2/c1-12-2-4-13(5-3-12)16-10-18-11-19(16)15-8-6-14(17)7-9-15/h2-11H,1H3. The number of halogens is 1. The minimum absolute atomic E-state index is 0.235. The van der Waals surface area contributed by atoms with Crippen LogP contribution in [0.1, 0.15) is 5.56 Å². The molecule has 3 rings (SSSR count). The minimum Gasteiger partial charge on any atom is -0.299 e. The number of rotatable bonds is 2. The molecule has 0 N–H and O–H groups in total. The Bertz CT molecular complexity index is 622. The number of hydrogen-bond donors (Lipinski definition) is 0. The number of aromatic nitrogens is 2. The summed E-state index contributed by atoms with van der Waals surface area (Å²) >= 11 is 0. The lowest BCUT2D eigenvalue weighted by molar-refractivity contribution is 0.627. The second kappa shape index (κ2) is 4.69. The van der Waals surface area contributed by atoms with Crippen LogP contribution in [-0.4, -0.2) is 9.55 Å². The number of aryl methyl sites for hydroxylation is 1. The third-order valence-corrected chi connectivity index (χ3v) is 3.09. The fourth-order valence-electron chi connectivity index (χ4n) is 2.04. The molecule has 0 atom stereocenters. The molecule has 19 heavy (non-hydrogen) atoms. The van der Waals surface area contributed by atoms with Crippen molar-refractivity contribution in [3.8, 4) is 16.9 Å². The van der Waals surface area contributed by atoms with Crippen LogP contribution in [0.15, 0.2) is 61.1 Å². The third kappa shape index (κ3) is 2.27. The van der Waals surface area contributed by atoms with Crippen LogP contribution in [0, 0.1) is 12.7 Å². The molecule has 0 saturated heterocycles. The maximum absolute atomic E-state index is 13.0. The Hall–Kier alpha value is -2.42. The Morgan fingerprint density at radius 1 is 0.947 bits per heavy atom. The van der Waals surface area contributed by atoms with Crippen molar-refractivity contribution in [1.82, 2.24) is 9.55 Å². The highest BCUT2D eigenvalue weighted by Crippen LogP contribution is 2.23. The van der Waals surface area contributed by atoms with Gasteiger partial charge in [-0.3, -0.25) is 4.57 Å². The summed E-state index contributed by atoms with van der Waals surface area (Å²) in [5, 5.41) is 0. The molecule has 3 heteroatoms. The largest absolute Gasteiger partial charge is 0.299 e. The van der Waals surface area contributed by atoms with E-state index in [4.69, 9.17) is 0 Å². The average Bonchev–Trinajstić information content (AvgIpc) is 2.90. The summed E-state index contributed by atoms with van der Waals surface area (Å²) in [5.41, 5.74) is 4.20. The van der Waals surface area contributed by atoms with Crippen molar-refractivity contribution in [2.45, 2.75) is 6.92 Å². The molecule has 0 spiro atoms. The first-order valence-electron chi connectivity index (χ1n) is 6.09. The zero-order valence-corrected chi connectivity index (χ0v) is 10.5. The van der Waals surface area contributed by atoms with Gasteiger partial charge in [0.25, 0.3) is 0 Å². The number of benzene rings is 2. The van der Waals surface area contributed by atoms with E-state index >= 15 is 0 Å². The van der Waals surface area contributed by atoms with E-state index in [0.717, 1.165) is 16.9 Å². The first-order chi connectivity index (χ1) is 9.24. The lowest BCUT2D eigenvalue weighted by Crippen LogP contribution is -1.95. The average molecular weight is 252 g/mol. The van der Waals surface area contributed by atoms with Crippen LogP contribution in [0.3, 0.4) is 0 Å². The van der Waals surface area contributed by atoms with E-state index in [1.165, 1.54) is 17.7 Å². The highest BCUT2D eigenvalue weighted by molar-refractivity contribution is 5.62. The van der Waals surface area contributed by atoms with Gasteiger partial charge in [-0.25, -0.2) is 9.37 Å². The van der Waals surface area contributed by atoms with E-state index in [1.54, 1.807) is 18.5 Å². The van der Waals surface area contributed by atoms with E-state index in [2.05, 4.69) is 36.2 Å². The SMILES string of the molecule is Cc1ccc(-c2cncn2-c2ccc(F)cc2)cc1. The van der Waals surface area contributed by atoms with E-state index in [1.807, 2.05) is 10.8 Å². The maximum Gasteiger partial charge on any atom is 0.123 e. The van der Waals surface area contributed by atoms with Crippen molar-refractivity contribution in [2.24, 2.45) is 0 Å².